The van der Waals surface area contributed by atoms with E-state index in [0.717, 1.165) is 6.07 Å². The number of nitrogens with one attached hydrogen (secondary N) is 1. The van der Waals surface area contributed by atoms with Crippen LogP contribution >= 0.6 is 21.8 Å². The molecule has 0 aromatic heterocycles. The van der Waals surface area contributed by atoms with Crippen molar-refractivity contribution in [1.29, 1.82) is 5.26 Å². The van der Waals surface area contributed by atoms with E-state index in [1.165, 1.54) is 19.1 Å². The molecule has 0 bridgehead atoms. The molecule has 0 aliphatic heterocycles. The molecule has 1 N–H and O–H groups in total. The van der Waals surface area contributed by atoms with Gasteiger partial charge in [-0.25, -0.2) is 4.39 Å². The van der Waals surface area contributed by atoms with Gasteiger partial charge < -0.3 is 10.1 Å². The Hall–Kier alpha value is -2.58. The van der Waals surface area contributed by atoms with Crippen LogP contribution in [0.1, 0.15) is 17.3 Å². The molecule has 1 unspecified atom stereocenters. The van der Waals surface area contributed by atoms with Crippen molar-refractivity contribution in [3.63, 3.8) is 0 Å². The highest BCUT2D eigenvalue weighted by Gasteiger charge is 2.65. The third-order valence-corrected chi connectivity index (χ3v) is 5.01. The molecule has 0 saturated carbocycles. The Labute approximate surface area is 166 Å². The molecule has 4 nitrogen and oxygen atoms in total. The Bertz CT molecular complexity index is 993. The molecule has 2 rings (SSSR count). The summed E-state index contributed by atoms with van der Waals surface area (Å²) in [7, 11) is -9.86. The standard InChI is InChI=1S/C17H13ClF6N2O2S/c1-17(9-25,10-28-15-7-4-12(18)8-14(15)19)26-16(27)11-2-5-13(6-3-11)29(20,21,22,23)24/h2-8H,10H2,1H3,(H,26,27). The van der Waals surface area contributed by atoms with E-state index in [1.54, 1.807) is 6.07 Å². The van der Waals surface area contributed by atoms with Gasteiger partial charge in [-0.05, 0) is 49.4 Å². The number of carbonyl (C=O) groups excluding carboxylic acids is 1. The largest absolute Gasteiger partial charge is 0.487 e. The monoisotopic (exact) mass is 458 g/mol. The van der Waals surface area contributed by atoms with Gasteiger partial charge in [-0.2, -0.15) is 5.26 Å². The highest BCUT2D eigenvalue weighted by Crippen LogP contribution is 3.02. The van der Waals surface area contributed by atoms with Crippen molar-refractivity contribution in [2.45, 2.75) is 17.4 Å². The molecule has 12 heteroatoms. The summed E-state index contributed by atoms with van der Waals surface area (Å²) in [6, 6.07) is 6.52. The average molecular weight is 459 g/mol. The number of nitrogens with zero attached hydrogens (tertiary/aromatic N) is 1. The summed E-state index contributed by atoms with van der Waals surface area (Å²) in [5.41, 5.74) is -2.10. The Morgan fingerprint density at radius 3 is 2.24 bits per heavy atom. The number of halogens is 7. The fourth-order valence-electron chi connectivity index (χ4n) is 2.10. The predicted molar refractivity (Wildman–Crippen MR) is 96.2 cm³/mol. The van der Waals surface area contributed by atoms with Crippen LogP contribution in [0, 0.1) is 17.1 Å². The van der Waals surface area contributed by atoms with Crippen LogP contribution in [0.25, 0.3) is 0 Å². The van der Waals surface area contributed by atoms with Crippen LogP contribution in [0.4, 0.5) is 23.8 Å². The summed E-state index contributed by atoms with van der Waals surface area (Å²) < 4.78 is 82.5. The van der Waals surface area contributed by atoms with Gasteiger partial charge in [-0.3, -0.25) is 4.79 Å². The molecule has 158 valence electrons. The van der Waals surface area contributed by atoms with Gasteiger partial charge >= 0.3 is 10.2 Å². The van der Waals surface area contributed by atoms with Crippen molar-refractivity contribution in [2.75, 3.05) is 6.61 Å². The van der Waals surface area contributed by atoms with E-state index in [2.05, 4.69) is 5.32 Å². The van der Waals surface area contributed by atoms with Crippen molar-refractivity contribution >= 4 is 27.7 Å². The minimum atomic E-state index is -9.86. The molecule has 1 atom stereocenters. The lowest BCUT2D eigenvalue weighted by molar-refractivity contribution is 0.0900. The van der Waals surface area contributed by atoms with Crippen LogP contribution in [0.3, 0.4) is 0 Å². The fourth-order valence-corrected chi connectivity index (χ4v) is 2.91. The Kier molecular flexibility index (Phi) is 5.28. The number of nitriles is 1. The Balaban J connectivity index is 2.14. The maximum Gasteiger partial charge on any atom is 0.310 e. The Morgan fingerprint density at radius 2 is 1.76 bits per heavy atom. The lowest BCUT2D eigenvalue weighted by atomic mass is 10.1. The van der Waals surface area contributed by atoms with Crippen molar-refractivity contribution in [2.24, 2.45) is 0 Å². The second kappa shape index (κ2) is 6.74. The minimum Gasteiger partial charge on any atom is -0.487 e. The van der Waals surface area contributed by atoms with Gasteiger partial charge in [0.15, 0.2) is 17.1 Å². The van der Waals surface area contributed by atoms with E-state index >= 15 is 0 Å². The molecule has 0 heterocycles. The second-order valence-corrected chi connectivity index (χ2v) is 9.10. The topological polar surface area (TPSA) is 62.1 Å². The van der Waals surface area contributed by atoms with Gasteiger partial charge in [0.05, 0.1) is 6.07 Å². The number of benzene rings is 2. The van der Waals surface area contributed by atoms with Gasteiger partial charge in [-0.15, -0.1) is 0 Å². The number of hydrogen-bond donors (Lipinski definition) is 1. The van der Waals surface area contributed by atoms with Crippen LogP contribution < -0.4 is 10.1 Å². The lowest BCUT2D eigenvalue weighted by Gasteiger charge is -2.40. The Morgan fingerprint density at radius 1 is 1.17 bits per heavy atom. The summed E-state index contributed by atoms with van der Waals surface area (Å²) in [6.45, 7) is 0.707. The molecule has 0 fully saturated rings. The number of amides is 1. The highest BCUT2D eigenvalue weighted by molar-refractivity contribution is 8.45. The van der Waals surface area contributed by atoms with Crippen molar-refractivity contribution < 1.29 is 33.4 Å². The first-order valence-corrected chi connectivity index (χ1v) is 10.0. The first kappa shape index (κ1) is 22.7. The molecular weight excluding hydrogens is 446 g/mol. The number of carbonyl (C=O) groups is 1. The molecular formula is C17H13ClF6N2O2S. The van der Waals surface area contributed by atoms with Crippen LogP contribution in [0.2, 0.25) is 5.02 Å². The van der Waals surface area contributed by atoms with E-state index in [1.807, 2.05) is 0 Å². The van der Waals surface area contributed by atoms with Crippen LogP contribution in [-0.4, -0.2) is 18.1 Å². The zero-order valence-electron chi connectivity index (χ0n) is 14.6. The van der Waals surface area contributed by atoms with E-state index in [9.17, 15) is 33.9 Å². The summed E-state index contributed by atoms with van der Waals surface area (Å²) in [5, 5.41) is 11.6. The van der Waals surface area contributed by atoms with Gasteiger partial charge in [0.25, 0.3) is 5.91 Å². The SMILES string of the molecule is CC(C#N)(COc1ccc(Cl)cc1F)NC(=O)c1ccc(S(F)(F)(F)(F)F)cc1. The third kappa shape index (κ3) is 5.95. The molecule has 0 aliphatic carbocycles. The van der Waals surface area contributed by atoms with Crippen molar-refractivity contribution in [3.8, 4) is 11.8 Å². The van der Waals surface area contributed by atoms with Crippen LogP contribution in [0.15, 0.2) is 47.4 Å². The highest BCUT2D eigenvalue weighted by atomic mass is 35.5. The maximum atomic E-state index is 13.7. The summed E-state index contributed by atoms with van der Waals surface area (Å²) >= 11 is 5.61. The zero-order chi connectivity index (χ0) is 22.2. The molecule has 0 aliphatic rings. The van der Waals surface area contributed by atoms with Gasteiger partial charge in [0, 0.05) is 10.6 Å². The summed E-state index contributed by atoms with van der Waals surface area (Å²) in [4.78, 5) is 10.0. The van der Waals surface area contributed by atoms with E-state index in [0.29, 0.717) is 12.1 Å². The number of rotatable bonds is 6. The van der Waals surface area contributed by atoms with Crippen LogP contribution in [-0.2, 0) is 0 Å². The molecule has 1 amide bonds. The zero-order valence-corrected chi connectivity index (χ0v) is 16.1. The van der Waals surface area contributed by atoms with Gasteiger partial charge in [-0.1, -0.05) is 31.0 Å². The maximum absolute atomic E-state index is 13.7. The minimum absolute atomic E-state index is 0.0831. The average Bonchev–Trinajstić information content (AvgIpc) is 2.59. The lowest BCUT2D eigenvalue weighted by Crippen LogP contribution is -2.49. The van der Waals surface area contributed by atoms with Crippen molar-refractivity contribution in [1.82, 2.24) is 5.32 Å². The van der Waals surface area contributed by atoms with E-state index in [4.69, 9.17) is 16.3 Å². The molecule has 2 aromatic rings. The fraction of sp³-hybridized carbons (Fsp3) is 0.176. The summed E-state index contributed by atoms with van der Waals surface area (Å²) in [6.07, 6.45) is 0. The predicted octanol–water partition coefficient (Wildman–Crippen LogP) is 6.23. The molecule has 0 radical (unpaired) electrons. The quantitative estimate of drug-likeness (QED) is 0.522. The first-order chi connectivity index (χ1) is 13.0. The second-order valence-electron chi connectivity index (χ2n) is 6.25. The number of ether oxygens (including phenoxy) is 1. The summed E-state index contributed by atoms with van der Waals surface area (Å²) in [5.74, 6) is -2.07. The van der Waals surface area contributed by atoms with E-state index in [-0.39, 0.29) is 22.9 Å². The smallest absolute Gasteiger partial charge is 0.310 e. The molecule has 0 spiro atoms. The first-order valence-electron chi connectivity index (χ1n) is 7.69. The van der Waals surface area contributed by atoms with Crippen LogP contribution in [0.5, 0.6) is 5.75 Å². The molecule has 2 aromatic carbocycles. The van der Waals surface area contributed by atoms with Gasteiger partial charge in [0.1, 0.15) is 11.5 Å². The molecule has 29 heavy (non-hydrogen) atoms. The third-order valence-electron chi connectivity index (χ3n) is 3.61. The van der Waals surface area contributed by atoms with E-state index < -0.39 is 44.6 Å². The molecule has 0 saturated heterocycles. The van der Waals surface area contributed by atoms with Gasteiger partial charge in [0.2, 0.25) is 0 Å². The normalized spacial score (nSPS) is 16.0. The van der Waals surface area contributed by atoms with Crippen molar-refractivity contribution in [3.05, 3.63) is 58.9 Å². The number of hydrogen-bond acceptors (Lipinski definition) is 3.